The van der Waals surface area contributed by atoms with E-state index < -0.39 is 6.10 Å². The van der Waals surface area contributed by atoms with Crippen molar-refractivity contribution in [3.63, 3.8) is 0 Å². The van der Waals surface area contributed by atoms with Gasteiger partial charge < -0.3 is 19.7 Å². The standard InChI is InChI=1S/C14H19N3O3S/c1-9-16-13(8-21-9)10-4-12(15-5-10)14(19)17(2)6-11(18)7-20-3/h4-5,8,11,15,18H,6-7H2,1-3H3. The lowest BCUT2D eigenvalue weighted by Crippen LogP contribution is -2.36. The lowest BCUT2D eigenvalue weighted by Gasteiger charge is -2.19. The van der Waals surface area contributed by atoms with E-state index in [1.54, 1.807) is 30.6 Å². The van der Waals surface area contributed by atoms with Gasteiger partial charge in [0, 0.05) is 37.8 Å². The zero-order chi connectivity index (χ0) is 15.4. The van der Waals surface area contributed by atoms with E-state index in [4.69, 9.17) is 4.74 Å². The maximum absolute atomic E-state index is 12.3. The lowest BCUT2D eigenvalue weighted by atomic mass is 10.2. The predicted octanol–water partition coefficient (Wildman–Crippen LogP) is 1.53. The van der Waals surface area contributed by atoms with Crippen molar-refractivity contribution in [2.75, 3.05) is 27.3 Å². The number of likely N-dealkylation sites (N-methyl/N-ethyl adjacent to an activating group) is 1. The van der Waals surface area contributed by atoms with Gasteiger partial charge in [0.25, 0.3) is 5.91 Å². The summed E-state index contributed by atoms with van der Waals surface area (Å²) < 4.78 is 4.85. The summed E-state index contributed by atoms with van der Waals surface area (Å²) in [6, 6.07) is 1.77. The van der Waals surface area contributed by atoms with Crippen LogP contribution in [0.2, 0.25) is 0 Å². The summed E-state index contributed by atoms with van der Waals surface area (Å²) in [6.45, 7) is 2.36. The first-order valence-corrected chi connectivity index (χ1v) is 7.42. The number of aliphatic hydroxyl groups excluding tert-OH is 1. The number of aromatic nitrogens is 2. The molecule has 0 saturated carbocycles. The van der Waals surface area contributed by atoms with E-state index in [1.165, 1.54) is 12.0 Å². The molecule has 1 amide bonds. The molecule has 0 bridgehead atoms. The molecule has 7 heteroatoms. The zero-order valence-corrected chi connectivity index (χ0v) is 13.1. The average Bonchev–Trinajstić information content (AvgIpc) is 3.06. The van der Waals surface area contributed by atoms with E-state index in [9.17, 15) is 9.90 Å². The van der Waals surface area contributed by atoms with Crippen molar-refractivity contribution in [1.29, 1.82) is 0 Å². The van der Waals surface area contributed by atoms with Gasteiger partial charge in [0.05, 0.1) is 23.4 Å². The molecular weight excluding hydrogens is 290 g/mol. The van der Waals surface area contributed by atoms with Crippen molar-refractivity contribution >= 4 is 17.2 Å². The number of rotatable bonds is 6. The molecule has 2 aromatic rings. The summed E-state index contributed by atoms with van der Waals surface area (Å²) >= 11 is 1.57. The number of carbonyl (C=O) groups excluding carboxylic acids is 1. The minimum Gasteiger partial charge on any atom is -0.389 e. The van der Waals surface area contributed by atoms with E-state index in [1.807, 2.05) is 12.3 Å². The third-order valence-electron chi connectivity index (χ3n) is 3.02. The van der Waals surface area contributed by atoms with E-state index in [0.29, 0.717) is 5.69 Å². The van der Waals surface area contributed by atoms with Gasteiger partial charge in [0.1, 0.15) is 5.69 Å². The van der Waals surface area contributed by atoms with Gasteiger partial charge in [-0.05, 0) is 13.0 Å². The number of hydrogen-bond acceptors (Lipinski definition) is 5. The second-order valence-electron chi connectivity index (χ2n) is 4.85. The van der Waals surface area contributed by atoms with Gasteiger partial charge in [0.2, 0.25) is 0 Å². The second-order valence-corrected chi connectivity index (χ2v) is 5.91. The largest absolute Gasteiger partial charge is 0.389 e. The van der Waals surface area contributed by atoms with Gasteiger partial charge >= 0.3 is 0 Å². The van der Waals surface area contributed by atoms with E-state index in [2.05, 4.69) is 9.97 Å². The van der Waals surface area contributed by atoms with Crippen LogP contribution in [0.5, 0.6) is 0 Å². The fourth-order valence-corrected chi connectivity index (χ4v) is 2.63. The van der Waals surface area contributed by atoms with Gasteiger partial charge in [-0.1, -0.05) is 0 Å². The number of amides is 1. The van der Waals surface area contributed by atoms with Gasteiger partial charge in [-0.2, -0.15) is 0 Å². The number of nitrogens with zero attached hydrogens (tertiary/aromatic N) is 2. The average molecular weight is 309 g/mol. The van der Waals surface area contributed by atoms with Crippen LogP contribution < -0.4 is 0 Å². The van der Waals surface area contributed by atoms with Crippen LogP contribution in [0.3, 0.4) is 0 Å². The van der Waals surface area contributed by atoms with Crippen LogP contribution >= 0.6 is 11.3 Å². The number of aliphatic hydroxyl groups is 1. The number of aryl methyl sites for hydroxylation is 1. The fourth-order valence-electron chi connectivity index (χ4n) is 2.01. The SMILES string of the molecule is COCC(O)CN(C)C(=O)c1cc(-c2csc(C)n2)c[nH]1. The van der Waals surface area contributed by atoms with E-state index in [0.717, 1.165) is 16.3 Å². The first-order valence-electron chi connectivity index (χ1n) is 6.54. The van der Waals surface area contributed by atoms with Crippen molar-refractivity contribution < 1.29 is 14.6 Å². The molecular formula is C14H19N3O3S. The molecule has 0 fully saturated rings. The fraction of sp³-hybridized carbons (Fsp3) is 0.429. The molecule has 0 aromatic carbocycles. The molecule has 114 valence electrons. The van der Waals surface area contributed by atoms with E-state index in [-0.39, 0.29) is 19.1 Å². The highest BCUT2D eigenvalue weighted by Gasteiger charge is 2.17. The van der Waals surface area contributed by atoms with Crippen molar-refractivity contribution in [1.82, 2.24) is 14.9 Å². The van der Waals surface area contributed by atoms with Gasteiger partial charge in [-0.25, -0.2) is 4.98 Å². The van der Waals surface area contributed by atoms with Gasteiger partial charge in [0.15, 0.2) is 0 Å². The molecule has 0 saturated heterocycles. The van der Waals surface area contributed by atoms with Crippen LogP contribution in [0.15, 0.2) is 17.6 Å². The van der Waals surface area contributed by atoms with Gasteiger partial charge in [-0.3, -0.25) is 4.79 Å². The zero-order valence-electron chi connectivity index (χ0n) is 12.3. The molecule has 2 heterocycles. The molecule has 21 heavy (non-hydrogen) atoms. The van der Waals surface area contributed by atoms with Crippen LogP contribution in [0.25, 0.3) is 11.3 Å². The summed E-state index contributed by atoms with van der Waals surface area (Å²) in [4.78, 5) is 21.1. The first kappa shape index (κ1) is 15.7. The number of ether oxygens (including phenoxy) is 1. The number of thiazole rings is 1. The predicted molar refractivity (Wildman–Crippen MR) is 81.5 cm³/mol. The lowest BCUT2D eigenvalue weighted by molar-refractivity contribution is 0.0378. The Hall–Kier alpha value is -1.70. The summed E-state index contributed by atoms with van der Waals surface area (Å²) in [6.07, 6.45) is 1.07. The summed E-state index contributed by atoms with van der Waals surface area (Å²) in [5.74, 6) is -0.177. The van der Waals surface area contributed by atoms with Crippen LogP contribution in [-0.2, 0) is 4.74 Å². The quantitative estimate of drug-likeness (QED) is 0.848. The molecule has 0 aliphatic rings. The molecule has 0 aliphatic heterocycles. The number of hydrogen-bond donors (Lipinski definition) is 2. The summed E-state index contributed by atoms with van der Waals surface area (Å²) in [5, 5.41) is 12.6. The summed E-state index contributed by atoms with van der Waals surface area (Å²) in [5.41, 5.74) is 2.21. The molecule has 6 nitrogen and oxygen atoms in total. The number of aromatic amines is 1. The Kier molecular flexibility index (Phi) is 5.11. The Morgan fingerprint density at radius 2 is 2.38 bits per heavy atom. The van der Waals surface area contributed by atoms with Crippen LogP contribution in [-0.4, -0.2) is 59.3 Å². The normalized spacial score (nSPS) is 12.4. The number of nitrogens with one attached hydrogen (secondary N) is 1. The topological polar surface area (TPSA) is 78.5 Å². The Morgan fingerprint density at radius 3 is 3.00 bits per heavy atom. The third-order valence-corrected chi connectivity index (χ3v) is 3.79. The number of carbonyl (C=O) groups is 1. The third kappa shape index (κ3) is 3.90. The Labute approximate surface area is 127 Å². The monoisotopic (exact) mass is 309 g/mol. The van der Waals surface area contributed by atoms with Crippen LogP contribution in [0.1, 0.15) is 15.5 Å². The second kappa shape index (κ2) is 6.84. The number of methoxy groups -OCH3 is 1. The molecule has 2 N–H and O–H groups in total. The Morgan fingerprint density at radius 1 is 1.62 bits per heavy atom. The van der Waals surface area contributed by atoms with Crippen molar-refractivity contribution in [2.24, 2.45) is 0 Å². The molecule has 2 rings (SSSR count). The highest BCUT2D eigenvalue weighted by molar-refractivity contribution is 7.09. The Bertz CT molecular complexity index is 608. The molecule has 0 radical (unpaired) electrons. The highest BCUT2D eigenvalue weighted by atomic mass is 32.1. The molecule has 1 unspecified atom stereocenters. The highest BCUT2D eigenvalue weighted by Crippen LogP contribution is 2.22. The maximum atomic E-state index is 12.3. The van der Waals surface area contributed by atoms with Gasteiger partial charge in [-0.15, -0.1) is 11.3 Å². The smallest absolute Gasteiger partial charge is 0.270 e. The Balaban J connectivity index is 2.05. The van der Waals surface area contributed by atoms with Crippen LogP contribution in [0.4, 0.5) is 0 Å². The minimum atomic E-state index is -0.695. The van der Waals surface area contributed by atoms with Crippen molar-refractivity contribution in [3.05, 3.63) is 28.3 Å². The molecule has 2 aromatic heterocycles. The molecule has 1 atom stereocenters. The van der Waals surface area contributed by atoms with Crippen molar-refractivity contribution in [3.8, 4) is 11.3 Å². The van der Waals surface area contributed by atoms with Crippen LogP contribution in [0, 0.1) is 6.92 Å². The maximum Gasteiger partial charge on any atom is 0.270 e. The van der Waals surface area contributed by atoms with E-state index >= 15 is 0 Å². The molecule has 0 aliphatic carbocycles. The first-order chi connectivity index (χ1) is 10.0. The molecule has 0 spiro atoms. The number of H-pyrrole nitrogens is 1. The van der Waals surface area contributed by atoms with Crippen molar-refractivity contribution in [2.45, 2.75) is 13.0 Å². The minimum absolute atomic E-state index is 0.177. The summed E-state index contributed by atoms with van der Waals surface area (Å²) in [7, 11) is 3.16.